The molecule has 4 rings (SSSR count). The van der Waals surface area contributed by atoms with Crippen LogP contribution in [0.15, 0.2) is 46.0 Å². The number of amidine groups is 1. The number of aliphatic carboxylic acids is 1. The first-order valence-electron chi connectivity index (χ1n) is 9.94. The number of carboxylic acid groups (broad SMARTS) is 1. The van der Waals surface area contributed by atoms with Gasteiger partial charge in [0.15, 0.2) is 10.8 Å². The first kappa shape index (κ1) is 23.7. The number of hydrogen-bond donors (Lipinski definition) is 2. The number of carboxylic acids is 1. The summed E-state index contributed by atoms with van der Waals surface area (Å²) in [6.07, 6.45) is 1.65. The number of aromatic nitrogens is 1. The number of methoxy groups -OCH3 is 1. The standard InChI is InChI=1S/C21H20Cl2N4O5S/c1-31-21(30)16-14(9-27-5-6-32-10-15(27)20(28)29)25-18(19-24-4-7-33-19)26-17(16)12-3-2-11(22)8-13(12)23/h2-4,7-8,15,17H,5-6,9-10H2,1H3,(H,25,26)(H,28,29)/t15-,17?/m0/s1. The monoisotopic (exact) mass is 510 g/mol. The van der Waals surface area contributed by atoms with Crippen molar-refractivity contribution in [2.24, 2.45) is 4.99 Å². The zero-order valence-electron chi connectivity index (χ0n) is 17.5. The van der Waals surface area contributed by atoms with E-state index >= 15 is 0 Å². The number of halogens is 2. The molecule has 1 unspecified atom stereocenters. The van der Waals surface area contributed by atoms with E-state index in [0.29, 0.717) is 45.3 Å². The molecule has 9 nitrogen and oxygen atoms in total. The summed E-state index contributed by atoms with van der Waals surface area (Å²) in [5.74, 6) is -1.16. The van der Waals surface area contributed by atoms with Crippen molar-refractivity contribution in [2.75, 3.05) is 33.4 Å². The van der Waals surface area contributed by atoms with E-state index in [9.17, 15) is 14.7 Å². The molecule has 2 aliphatic rings. The second-order valence-corrected chi connectivity index (χ2v) is 9.03. The minimum absolute atomic E-state index is 0.0516. The molecule has 0 amide bonds. The van der Waals surface area contributed by atoms with Gasteiger partial charge in [0.1, 0.15) is 12.1 Å². The lowest BCUT2D eigenvalue weighted by Crippen LogP contribution is -2.52. The Hall–Kier alpha value is -2.50. The van der Waals surface area contributed by atoms with Crippen molar-refractivity contribution >= 4 is 52.3 Å². The van der Waals surface area contributed by atoms with Gasteiger partial charge < -0.3 is 19.9 Å². The number of morpholine rings is 1. The Bertz CT molecular complexity index is 1120. The van der Waals surface area contributed by atoms with Gasteiger partial charge in [-0.3, -0.25) is 14.7 Å². The van der Waals surface area contributed by atoms with Gasteiger partial charge in [-0.15, -0.1) is 11.3 Å². The number of nitrogens with one attached hydrogen (secondary N) is 1. The van der Waals surface area contributed by atoms with Crippen LogP contribution in [0.1, 0.15) is 16.6 Å². The molecule has 2 aromatic rings. The molecule has 0 saturated carbocycles. The highest BCUT2D eigenvalue weighted by Crippen LogP contribution is 2.37. The van der Waals surface area contributed by atoms with E-state index in [1.807, 2.05) is 5.38 Å². The quantitative estimate of drug-likeness (QED) is 0.570. The lowest BCUT2D eigenvalue weighted by molar-refractivity contribution is -0.149. The molecule has 2 N–H and O–H groups in total. The number of ether oxygens (including phenoxy) is 2. The summed E-state index contributed by atoms with van der Waals surface area (Å²) in [5, 5.41) is 16.0. The second kappa shape index (κ2) is 10.2. The number of hydrogen-bond acceptors (Lipinski definition) is 9. The Morgan fingerprint density at radius 3 is 2.88 bits per heavy atom. The summed E-state index contributed by atoms with van der Waals surface area (Å²) in [6, 6.07) is 3.29. The normalized spacial score (nSPS) is 21.4. The molecular formula is C21H20Cl2N4O5S. The third kappa shape index (κ3) is 5.04. The van der Waals surface area contributed by atoms with Crippen molar-refractivity contribution in [3.63, 3.8) is 0 Å². The van der Waals surface area contributed by atoms with E-state index in [1.54, 1.807) is 29.3 Å². The maximum Gasteiger partial charge on any atom is 0.338 e. The average molecular weight is 511 g/mol. The Morgan fingerprint density at radius 2 is 2.21 bits per heavy atom. The largest absolute Gasteiger partial charge is 0.480 e. The average Bonchev–Trinajstić information content (AvgIpc) is 3.33. The summed E-state index contributed by atoms with van der Waals surface area (Å²) in [7, 11) is 1.28. The zero-order chi connectivity index (χ0) is 23.5. The topological polar surface area (TPSA) is 113 Å². The van der Waals surface area contributed by atoms with Crippen LogP contribution >= 0.6 is 34.5 Å². The van der Waals surface area contributed by atoms with E-state index in [4.69, 9.17) is 37.7 Å². The Labute approximate surface area is 203 Å². The predicted octanol–water partition coefficient (Wildman–Crippen LogP) is 2.75. The summed E-state index contributed by atoms with van der Waals surface area (Å²) < 4.78 is 10.4. The molecule has 12 heteroatoms. The Balaban J connectivity index is 1.83. The number of carbonyl (C=O) groups excluding carboxylic acids is 1. The maximum atomic E-state index is 13.0. The van der Waals surface area contributed by atoms with Gasteiger partial charge in [0, 0.05) is 46.0 Å². The van der Waals surface area contributed by atoms with Gasteiger partial charge >= 0.3 is 11.9 Å². The minimum atomic E-state index is -1.00. The maximum absolute atomic E-state index is 13.0. The van der Waals surface area contributed by atoms with Gasteiger partial charge in [0.05, 0.1) is 25.9 Å². The fourth-order valence-corrected chi connectivity index (χ4v) is 4.83. The molecular weight excluding hydrogens is 491 g/mol. The van der Waals surface area contributed by atoms with Crippen LogP contribution in [0.2, 0.25) is 10.0 Å². The number of carbonyl (C=O) groups is 2. The highest BCUT2D eigenvalue weighted by Gasteiger charge is 2.37. The molecule has 0 spiro atoms. The lowest BCUT2D eigenvalue weighted by atomic mass is 9.95. The number of thiazole rings is 1. The molecule has 0 aliphatic carbocycles. The molecule has 2 atom stereocenters. The van der Waals surface area contributed by atoms with Crippen molar-refractivity contribution in [3.05, 3.63) is 61.7 Å². The van der Waals surface area contributed by atoms with Crippen molar-refractivity contribution in [1.29, 1.82) is 0 Å². The van der Waals surface area contributed by atoms with Gasteiger partial charge in [0.2, 0.25) is 0 Å². The number of esters is 1. The van der Waals surface area contributed by atoms with Gasteiger partial charge in [-0.05, 0) is 12.1 Å². The number of rotatable bonds is 6. The molecule has 33 heavy (non-hydrogen) atoms. The van der Waals surface area contributed by atoms with Crippen LogP contribution in [0.4, 0.5) is 0 Å². The third-order valence-corrected chi connectivity index (χ3v) is 6.65. The van der Waals surface area contributed by atoms with E-state index < -0.39 is 24.0 Å². The van der Waals surface area contributed by atoms with Crippen LogP contribution in [0, 0.1) is 0 Å². The molecule has 1 aromatic heterocycles. The molecule has 1 aromatic carbocycles. The van der Waals surface area contributed by atoms with E-state index in [1.165, 1.54) is 18.4 Å². The highest BCUT2D eigenvalue weighted by atomic mass is 35.5. The van der Waals surface area contributed by atoms with Crippen LogP contribution < -0.4 is 5.32 Å². The van der Waals surface area contributed by atoms with E-state index in [2.05, 4.69) is 10.3 Å². The van der Waals surface area contributed by atoms with Gasteiger partial charge in [0.25, 0.3) is 0 Å². The van der Waals surface area contributed by atoms with Crippen LogP contribution in [0.5, 0.6) is 0 Å². The molecule has 1 saturated heterocycles. The molecule has 2 aliphatic heterocycles. The first-order chi connectivity index (χ1) is 15.9. The fourth-order valence-electron chi connectivity index (χ4n) is 3.73. The van der Waals surface area contributed by atoms with Crippen LogP contribution in [-0.4, -0.2) is 72.2 Å². The van der Waals surface area contributed by atoms with E-state index in [-0.39, 0.29) is 18.7 Å². The van der Waals surface area contributed by atoms with Crippen molar-refractivity contribution in [3.8, 4) is 0 Å². The van der Waals surface area contributed by atoms with Crippen molar-refractivity contribution in [2.45, 2.75) is 12.1 Å². The number of aliphatic imine (C=N–C) groups is 1. The molecule has 174 valence electrons. The van der Waals surface area contributed by atoms with Gasteiger partial charge in [-0.1, -0.05) is 29.3 Å². The van der Waals surface area contributed by atoms with Crippen molar-refractivity contribution < 1.29 is 24.2 Å². The summed E-state index contributed by atoms with van der Waals surface area (Å²) >= 11 is 13.9. The summed E-state index contributed by atoms with van der Waals surface area (Å²) in [4.78, 5) is 35.5. The molecule has 1 fully saturated rings. The predicted molar refractivity (Wildman–Crippen MR) is 124 cm³/mol. The fraction of sp³-hybridized carbons (Fsp3) is 0.333. The van der Waals surface area contributed by atoms with E-state index in [0.717, 1.165) is 0 Å². The number of benzene rings is 1. The molecule has 0 bridgehead atoms. The van der Waals surface area contributed by atoms with Crippen LogP contribution in [0.3, 0.4) is 0 Å². The first-order valence-corrected chi connectivity index (χ1v) is 11.6. The van der Waals surface area contributed by atoms with Crippen molar-refractivity contribution in [1.82, 2.24) is 15.2 Å². The minimum Gasteiger partial charge on any atom is -0.480 e. The van der Waals surface area contributed by atoms with Gasteiger partial charge in [-0.25, -0.2) is 9.78 Å². The summed E-state index contributed by atoms with van der Waals surface area (Å²) in [6.45, 7) is 0.948. The summed E-state index contributed by atoms with van der Waals surface area (Å²) in [5.41, 5.74) is 1.26. The second-order valence-electron chi connectivity index (χ2n) is 7.29. The molecule has 3 heterocycles. The SMILES string of the molecule is COC(=O)C1=C(CN2CCOC[C@H]2C(=O)O)NC(c2nccs2)=NC1c1ccc(Cl)cc1Cl. The third-order valence-electron chi connectivity index (χ3n) is 5.31. The lowest BCUT2D eigenvalue weighted by Gasteiger charge is -2.35. The zero-order valence-corrected chi connectivity index (χ0v) is 19.8. The smallest absolute Gasteiger partial charge is 0.338 e. The number of nitrogens with zero attached hydrogens (tertiary/aromatic N) is 3. The Morgan fingerprint density at radius 1 is 1.39 bits per heavy atom. The molecule has 0 radical (unpaired) electrons. The van der Waals surface area contributed by atoms with Gasteiger partial charge in [-0.2, -0.15) is 0 Å². The Kier molecular flexibility index (Phi) is 7.30. The van der Waals surface area contributed by atoms with Crippen LogP contribution in [0.25, 0.3) is 0 Å². The van der Waals surface area contributed by atoms with Crippen LogP contribution in [-0.2, 0) is 19.1 Å². The highest BCUT2D eigenvalue weighted by molar-refractivity contribution is 7.11.